The van der Waals surface area contributed by atoms with Gasteiger partial charge in [0.25, 0.3) is 0 Å². The SMILES string of the molecule is COC(=O)[C@H](C(C)C)N(C)C(=O)[C@H]1CCN(c2nccs2)[C@@H]1CO. The van der Waals surface area contributed by atoms with Crippen molar-refractivity contribution < 1.29 is 19.4 Å². The molecule has 1 saturated heterocycles. The van der Waals surface area contributed by atoms with E-state index < -0.39 is 12.0 Å². The Morgan fingerprint density at radius 1 is 1.54 bits per heavy atom. The highest BCUT2D eigenvalue weighted by Gasteiger charge is 2.43. The number of nitrogens with zero attached hydrogens (tertiary/aromatic N) is 3. The summed E-state index contributed by atoms with van der Waals surface area (Å²) in [4.78, 5) is 32.7. The lowest BCUT2D eigenvalue weighted by Crippen LogP contribution is -2.51. The minimum absolute atomic E-state index is 0.0598. The van der Waals surface area contributed by atoms with E-state index in [1.165, 1.54) is 23.3 Å². The Balaban J connectivity index is 2.17. The van der Waals surface area contributed by atoms with Crippen molar-refractivity contribution in [3.63, 3.8) is 0 Å². The lowest BCUT2D eigenvalue weighted by Gasteiger charge is -2.33. The summed E-state index contributed by atoms with van der Waals surface area (Å²) in [5.41, 5.74) is 0. The molecule has 7 nitrogen and oxygen atoms in total. The van der Waals surface area contributed by atoms with Crippen molar-refractivity contribution in [1.82, 2.24) is 9.88 Å². The van der Waals surface area contributed by atoms with E-state index in [4.69, 9.17) is 4.74 Å². The lowest BCUT2D eigenvalue weighted by molar-refractivity contribution is -0.155. The molecule has 0 saturated carbocycles. The third-order valence-corrected chi connectivity index (χ3v) is 5.36. The molecule has 1 N–H and O–H groups in total. The lowest BCUT2D eigenvalue weighted by atomic mass is 9.96. The van der Waals surface area contributed by atoms with Crippen LogP contribution in [0.5, 0.6) is 0 Å². The molecule has 1 aromatic rings. The molecule has 1 aliphatic rings. The minimum Gasteiger partial charge on any atom is -0.467 e. The molecular formula is C16H25N3O4S. The van der Waals surface area contributed by atoms with E-state index >= 15 is 0 Å². The minimum atomic E-state index is -0.629. The number of carbonyl (C=O) groups is 2. The van der Waals surface area contributed by atoms with Crippen LogP contribution < -0.4 is 4.90 Å². The van der Waals surface area contributed by atoms with Gasteiger partial charge in [-0.3, -0.25) is 4.79 Å². The van der Waals surface area contributed by atoms with E-state index in [-0.39, 0.29) is 30.4 Å². The Bertz CT molecular complexity index is 564. The Morgan fingerprint density at radius 2 is 2.25 bits per heavy atom. The highest BCUT2D eigenvalue weighted by molar-refractivity contribution is 7.13. The number of esters is 1. The molecule has 0 aromatic carbocycles. The standard InChI is InChI=1S/C16H25N3O4S/c1-10(2)13(15(22)23-4)18(3)14(21)11-5-7-19(12(11)9-20)16-17-6-8-24-16/h6,8,10-13,20H,5,7,9H2,1-4H3/t11-,12+,13-/m0/s1. The molecule has 0 unspecified atom stereocenters. The number of aliphatic hydroxyl groups excluding tert-OH is 1. The van der Waals surface area contributed by atoms with Crippen LogP contribution in [-0.4, -0.2) is 66.3 Å². The topological polar surface area (TPSA) is 83.0 Å². The van der Waals surface area contributed by atoms with Gasteiger partial charge in [-0.1, -0.05) is 13.8 Å². The van der Waals surface area contributed by atoms with Gasteiger partial charge in [0.05, 0.1) is 25.7 Å². The van der Waals surface area contributed by atoms with Crippen LogP contribution in [0.3, 0.4) is 0 Å². The number of thiazole rings is 1. The van der Waals surface area contributed by atoms with E-state index in [0.717, 1.165) is 5.13 Å². The Hall–Kier alpha value is -1.67. The number of likely N-dealkylation sites (N-methyl/N-ethyl adjacent to an activating group) is 1. The van der Waals surface area contributed by atoms with E-state index in [2.05, 4.69) is 4.98 Å². The van der Waals surface area contributed by atoms with Gasteiger partial charge < -0.3 is 19.6 Å². The van der Waals surface area contributed by atoms with Gasteiger partial charge in [-0.15, -0.1) is 11.3 Å². The number of rotatable bonds is 6. The van der Waals surface area contributed by atoms with Crippen molar-refractivity contribution in [3.05, 3.63) is 11.6 Å². The van der Waals surface area contributed by atoms with Crippen LogP contribution in [-0.2, 0) is 14.3 Å². The summed E-state index contributed by atoms with van der Waals surface area (Å²) in [5, 5.41) is 12.5. The molecule has 2 rings (SSSR count). The number of anilines is 1. The van der Waals surface area contributed by atoms with Crippen molar-refractivity contribution >= 4 is 28.3 Å². The number of aliphatic hydroxyl groups is 1. The zero-order valence-electron chi connectivity index (χ0n) is 14.5. The molecule has 134 valence electrons. The maximum Gasteiger partial charge on any atom is 0.328 e. The third-order valence-electron chi connectivity index (χ3n) is 4.55. The highest BCUT2D eigenvalue weighted by Crippen LogP contribution is 2.32. The maximum atomic E-state index is 13.0. The second kappa shape index (κ2) is 7.94. The molecule has 0 spiro atoms. The quantitative estimate of drug-likeness (QED) is 0.766. The van der Waals surface area contributed by atoms with E-state index in [0.29, 0.717) is 13.0 Å². The Kier molecular flexibility index (Phi) is 6.17. The summed E-state index contributed by atoms with van der Waals surface area (Å²) in [6.45, 7) is 4.29. The second-order valence-electron chi connectivity index (χ2n) is 6.31. The first-order valence-corrected chi connectivity index (χ1v) is 8.91. The molecule has 2 heterocycles. The van der Waals surface area contributed by atoms with Crippen molar-refractivity contribution in [3.8, 4) is 0 Å². The molecule has 1 aliphatic heterocycles. The predicted molar refractivity (Wildman–Crippen MR) is 91.9 cm³/mol. The monoisotopic (exact) mass is 355 g/mol. The first-order chi connectivity index (χ1) is 11.4. The predicted octanol–water partition coefficient (Wildman–Crippen LogP) is 0.986. The highest BCUT2D eigenvalue weighted by atomic mass is 32.1. The summed E-state index contributed by atoms with van der Waals surface area (Å²) >= 11 is 1.49. The summed E-state index contributed by atoms with van der Waals surface area (Å²) in [6, 6.07) is -0.952. The molecule has 0 aliphatic carbocycles. The van der Waals surface area contributed by atoms with Crippen molar-refractivity contribution in [2.75, 3.05) is 32.2 Å². The fraction of sp³-hybridized carbons (Fsp3) is 0.688. The smallest absolute Gasteiger partial charge is 0.328 e. The summed E-state index contributed by atoms with van der Waals surface area (Å²) in [5.74, 6) is -0.987. The fourth-order valence-corrected chi connectivity index (χ4v) is 4.09. The number of carbonyl (C=O) groups excluding carboxylic acids is 2. The zero-order valence-corrected chi connectivity index (χ0v) is 15.3. The molecular weight excluding hydrogens is 330 g/mol. The first kappa shape index (κ1) is 18.7. The van der Waals surface area contributed by atoms with Crippen LogP contribution in [0.4, 0.5) is 5.13 Å². The molecule has 1 fully saturated rings. The van der Waals surface area contributed by atoms with Crippen LogP contribution in [0.1, 0.15) is 20.3 Å². The van der Waals surface area contributed by atoms with Gasteiger partial charge >= 0.3 is 5.97 Å². The summed E-state index contributed by atoms with van der Waals surface area (Å²) < 4.78 is 4.84. The van der Waals surface area contributed by atoms with Crippen LogP contribution in [0.15, 0.2) is 11.6 Å². The number of aromatic nitrogens is 1. The number of ether oxygens (including phenoxy) is 1. The van der Waals surface area contributed by atoms with Crippen LogP contribution in [0.2, 0.25) is 0 Å². The number of hydrogen-bond acceptors (Lipinski definition) is 7. The van der Waals surface area contributed by atoms with Crippen LogP contribution in [0.25, 0.3) is 0 Å². The van der Waals surface area contributed by atoms with Crippen LogP contribution >= 0.6 is 11.3 Å². The normalized spacial score (nSPS) is 21.8. The molecule has 24 heavy (non-hydrogen) atoms. The average molecular weight is 355 g/mol. The molecule has 1 amide bonds. The zero-order chi connectivity index (χ0) is 17.9. The van der Waals surface area contributed by atoms with Gasteiger partial charge in [-0.05, 0) is 12.3 Å². The Morgan fingerprint density at radius 3 is 2.75 bits per heavy atom. The average Bonchev–Trinajstić information content (AvgIpc) is 3.21. The number of hydrogen-bond donors (Lipinski definition) is 1. The van der Waals surface area contributed by atoms with Gasteiger partial charge in [0.1, 0.15) is 6.04 Å². The third kappa shape index (κ3) is 3.54. The largest absolute Gasteiger partial charge is 0.467 e. The number of amides is 1. The number of methoxy groups -OCH3 is 1. The van der Waals surface area contributed by atoms with Gasteiger partial charge in [0.2, 0.25) is 5.91 Å². The molecule has 0 bridgehead atoms. The van der Waals surface area contributed by atoms with E-state index in [1.54, 1.807) is 13.2 Å². The van der Waals surface area contributed by atoms with Crippen LogP contribution in [0, 0.1) is 11.8 Å². The molecule has 8 heteroatoms. The first-order valence-electron chi connectivity index (χ1n) is 8.03. The van der Waals surface area contributed by atoms with Gasteiger partial charge in [-0.25, -0.2) is 9.78 Å². The molecule has 3 atom stereocenters. The Labute approximate surface area is 146 Å². The molecule has 0 radical (unpaired) electrons. The van der Waals surface area contributed by atoms with E-state index in [1.807, 2.05) is 24.1 Å². The van der Waals surface area contributed by atoms with Gasteiger partial charge in [0, 0.05) is 25.2 Å². The van der Waals surface area contributed by atoms with Crippen molar-refractivity contribution in [2.45, 2.75) is 32.4 Å². The molecule has 1 aromatic heterocycles. The summed E-state index contributed by atoms with van der Waals surface area (Å²) in [7, 11) is 2.96. The fourth-order valence-electron chi connectivity index (χ4n) is 3.36. The summed E-state index contributed by atoms with van der Waals surface area (Å²) in [6.07, 6.45) is 2.34. The van der Waals surface area contributed by atoms with Crippen molar-refractivity contribution in [2.24, 2.45) is 11.8 Å². The second-order valence-corrected chi connectivity index (χ2v) is 7.19. The van der Waals surface area contributed by atoms with Gasteiger partial charge in [0.15, 0.2) is 5.13 Å². The maximum absolute atomic E-state index is 13.0. The van der Waals surface area contributed by atoms with E-state index in [9.17, 15) is 14.7 Å². The van der Waals surface area contributed by atoms with Crippen molar-refractivity contribution in [1.29, 1.82) is 0 Å². The van der Waals surface area contributed by atoms with Gasteiger partial charge in [-0.2, -0.15) is 0 Å².